The SMILES string of the molecule is CCCN(CC)c1cc(C(=O)O)ccc1[N+](=O)[O-]. The van der Waals surface area contributed by atoms with Crippen molar-refractivity contribution in [3.8, 4) is 0 Å². The number of nitrogens with zero attached hydrogens (tertiary/aromatic N) is 2. The summed E-state index contributed by atoms with van der Waals surface area (Å²) in [6.07, 6.45) is 0.836. The molecule has 0 fully saturated rings. The van der Waals surface area contributed by atoms with E-state index in [4.69, 9.17) is 5.11 Å². The summed E-state index contributed by atoms with van der Waals surface area (Å²) in [5.41, 5.74) is 0.365. The van der Waals surface area contributed by atoms with Crippen LogP contribution in [0.2, 0.25) is 0 Å². The third kappa shape index (κ3) is 2.97. The van der Waals surface area contributed by atoms with Crippen molar-refractivity contribution < 1.29 is 14.8 Å². The number of carboxylic acid groups (broad SMARTS) is 1. The summed E-state index contributed by atoms with van der Waals surface area (Å²) < 4.78 is 0. The van der Waals surface area contributed by atoms with E-state index in [1.54, 1.807) is 0 Å². The highest BCUT2D eigenvalue weighted by atomic mass is 16.6. The van der Waals surface area contributed by atoms with Crippen LogP contribution in [0.1, 0.15) is 30.6 Å². The molecule has 98 valence electrons. The van der Waals surface area contributed by atoms with E-state index in [2.05, 4.69) is 0 Å². The second-order valence-electron chi connectivity index (χ2n) is 3.85. The van der Waals surface area contributed by atoms with Crippen molar-refractivity contribution in [3.63, 3.8) is 0 Å². The molecule has 0 unspecified atom stereocenters. The molecule has 0 aliphatic carbocycles. The zero-order valence-corrected chi connectivity index (χ0v) is 10.4. The Balaban J connectivity index is 3.29. The molecule has 0 aliphatic rings. The molecule has 0 aliphatic heterocycles. The number of aromatic carboxylic acids is 1. The smallest absolute Gasteiger partial charge is 0.335 e. The summed E-state index contributed by atoms with van der Waals surface area (Å²) >= 11 is 0. The van der Waals surface area contributed by atoms with Gasteiger partial charge in [0, 0.05) is 19.2 Å². The number of nitro benzene ring substituents is 1. The van der Waals surface area contributed by atoms with Gasteiger partial charge in [-0.1, -0.05) is 6.92 Å². The minimum absolute atomic E-state index is 0.0599. The number of anilines is 1. The van der Waals surface area contributed by atoms with Crippen molar-refractivity contribution in [2.75, 3.05) is 18.0 Å². The van der Waals surface area contributed by atoms with Crippen LogP contribution in [0.4, 0.5) is 11.4 Å². The molecular weight excluding hydrogens is 236 g/mol. The Morgan fingerprint density at radius 2 is 2.11 bits per heavy atom. The quantitative estimate of drug-likeness (QED) is 0.621. The van der Waals surface area contributed by atoms with Crippen LogP contribution < -0.4 is 4.90 Å². The number of hydrogen-bond donors (Lipinski definition) is 1. The van der Waals surface area contributed by atoms with Crippen LogP contribution in [0, 0.1) is 10.1 Å². The van der Waals surface area contributed by atoms with Crippen LogP contribution in [0.15, 0.2) is 18.2 Å². The van der Waals surface area contributed by atoms with Crippen molar-refractivity contribution >= 4 is 17.3 Å². The van der Waals surface area contributed by atoms with Gasteiger partial charge in [-0.15, -0.1) is 0 Å². The highest BCUT2D eigenvalue weighted by Gasteiger charge is 2.20. The van der Waals surface area contributed by atoms with Crippen molar-refractivity contribution in [2.45, 2.75) is 20.3 Å². The lowest BCUT2D eigenvalue weighted by atomic mass is 10.1. The Labute approximate surface area is 105 Å². The highest BCUT2D eigenvalue weighted by molar-refractivity contribution is 5.90. The number of nitro groups is 1. The van der Waals surface area contributed by atoms with E-state index in [0.29, 0.717) is 18.8 Å². The third-order valence-electron chi connectivity index (χ3n) is 2.63. The molecule has 0 saturated carbocycles. The molecule has 0 saturated heterocycles. The van der Waals surface area contributed by atoms with E-state index in [1.807, 2.05) is 18.7 Å². The first-order valence-electron chi connectivity index (χ1n) is 5.77. The Kier molecular flexibility index (Phi) is 4.65. The number of benzene rings is 1. The molecule has 0 radical (unpaired) electrons. The fourth-order valence-electron chi connectivity index (χ4n) is 1.78. The highest BCUT2D eigenvalue weighted by Crippen LogP contribution is 2.29. The molecule has 1 aromatic carbocycles. The van der Waals surface area contributed by atoms with Crippen LogP contribution in [0.25, 0.3) is 0 Å². The number of carbonyl (C=O) groups is 1. The molecule has 6 nitrogen and oxygen atoms in total. The van der Waals surface area contributed by atoms with Gasteiger partial charge in [0.2, 0.25) is 0 Å². The molecule has 0 aromatic heterocycles. The predicted octanol–water partition coefficient (Wildman–Crippen LogP) is 2.53. The van der Waals surface area contributed by atoms with Gasteiger partial charge in [0.25, 0.3) is 5.69 Å². The topological polar surface area (TPSA) is 83.7 Å². The van der Waals surface area contributed by atoms with Crippen molar-refractivity contribution in [2.24, 2.45) is 0 Å². The van der Waals surface area contributed by atoms with Gasteiger partial charge in [-0.3, -0.25) is 10.1 Å². The number of hydrogen-bond acceptors (Lipinski definition) is 4. The van der Waals surface area contributed by atoms with Gasteiger partial charge in [-0.25, -0.2) is 4.79 Å². The largest absolute Gasteiger partial charge is 0.478 e. The lowest BCUT2D eigenvalue weighted by molar-refractivity contribution is -0.384. The lowest BCUT2D eigenvalue weighted by Gasteiger charge is -2.22. The van der Waals surface area contributed by atoms with E-state index in [0.717, 1.165) is 6.42 Å². The van der Waals surface area contributed by atoms with Gasteiger partial charge in [-0.2, -0.15) is 0 Å². The third-order valence-corrected chi connectivity index (χ3v) is 2.63. The summed E-state index contributed by atoms with van der Waals surface area (Å²) in [7, 11) is 0. The van der Waals surface area contributed by atoms with Gasteiger partial charge in [0.1, 0.15) is 5.69 Å². The van der Waals surface area contributed by atoms with E-state index in [-0.39, 0.29) is 11.3 Å². The van der Waals surface area contributed by atoms with Crippen molar-refractivity contribution in [1.82, 2.24) is 0 Å². The first-order chi connectivity index (χ1) is 8.51. The maximum absolute atomic E-state index is 11.0. The van der Waals surface area contributed by atoms with E-state index in [1.165, 1.54) is 18.2 Å². The average Bonchev–Trinajstić information content (AvgIpc) is 2.35. The first-order valence-corrected chi connectivity index (χ1v) is 5.77. The molecular formula is C12H16N2O4. The Morgan fingerprint density at radius 3 is 2.56 bits per heavy atom. The van der Waals surface area contributed by atoms with Crippen molar-refractivity contribution in [3.05, 3.63) is 33.9 Å². The van der Waals surface area contributed by atoms with Crippen LogP contribution in [-0.4, -0.2) is 29.1 Å². The molecule has 18 heavy (non-hydrogen) atoms. The normalized spacial score (nSPS) is 10.1. The minimum Gasteiger partial charge on any atom is -0.478 e. The summed E-state index contributed by atoms with van der Waals surface area (Å²) in [6.45, 7) is 5.10. The second-order valence-corrected chi connectivity index (χ2v) is 3.85. The molecule has 0 atom stereocenters. The van der Waals surface area contributed by atoms with E-state index in [9.17, 15) is 14.9 Å². The van der Waals surface area contributed by atoms with Gasteiger partial charge >= 0.3 is 5.97 Å². The minimum atomic E-state index is -1.08. The molecule has 1 rings (SSSR count). The molecule has 1 aromatic rings. The number of rotatable bonds is 6. The molecule has 6 heteroatoms. The first kappa shape index (κ1) is 14.0. The van der Waals surface area contributed by atoms with Crippen LogP contribution in [-0.2, 0) is 0 Å². The van der Waals surface area contributed by atoms with Gasteiger partial charge in [-0.05, 0) is 25.5 Å². The van der Waals surface area contributed by atoms with Crippen LogP contribution >= 0.6 is 0 Å². The van der Waals surface area contributed by atoms with Crippen molar-refractivity contribution in [1.29, 1.82) is 0 Å². The van der Waals surface area contributed by atoms with Gasteiger partial charge in [0.05, 0.1) is 10.5 Å². The monoisotopic (exact) mass is 252 g/mol. The zero-order chi connectivity index (χ0) is 13.7. The summed E-state index contributed by atoms with van der Waals surface area (Å²) in [6, 6.07) is 3.86. The van der Waals surface area contributed by atoms with E-state index >= 15 is 0 Å². The Hall–Kier alpha value is -2.11. The second kappa shape index (κ2) is 6.00. The lowest BCUT2D eigenvalue weighted by Crippen LogP contribution is -2.24. The molecule has 0 bridgehead atoms. The standard InChI is InChI=1S/C12H16N2O4/c1-3-7-13(4-2)11-8-9(12(15)16)5-6-10(11)14(17)18/h5-6,8H,3-4,7H2,1-2H3,(H,15,16). The molecule has 0 spiro atoms. The fraction of sp³-hybridized carbons (Fsp3) is 0.417. The summed E-state index contributed by atoms with van der Waals surface area (Å²) in [5, 5.41) is 19.9. The van der Waals surface area contributed by atoms with Gasteiger partial charge < -0.3 is 10.0 Å². The van der Waals surface area contributed by atoms with Crippen LogP contribution in [0.3, 0.4) is 0 Å². The predicted molar refractivity (Wildman–Crippen MR) is 68.2 cm³/mol. The molecule has 0 amide bonds. The maximum atomic E-state index is 11.0. The fourth-order valence-corrected chi connectivity index (χ4v) is 1.78. The van der Waals surface area contributed by atoms with Gasteiger partial charge in [0.15, 0.2) is 0 Å². The summed E-state index contributed by atoms with van der Waals surface area (Å²) in [4.78, 5) is 23.2. The average molecular weight is 252 g/mol. The zero-order valence-electron chi connectivity index (χ0n) is 10.4. The van der Waals surface area contributed by atoms with E-state index < -0.39 is 10.9 Å². The Morgan fingerprint density at radius 1 is 1.44 bits per heavy atom. The Bertz CT molecular complexity index is 459. The van der Waals surface area contributed by atoms with Crippen LogP contribution in [0.5, 0.6) is 0 Å². The summed E-state index contributed by atoms with van der Waals surface area (Å²) in [5.74, 6) is -1.08. The maximum Gasteiger partial charge on any atom is 0.335 e. The molecule has 0 heterocycles. The number of carboxylic acids is 1. The molecule has 1 N–H and O–H groups in total.